The summed E-state index contributed by atoms with van der Waals surface area (Å²) < 4.78 is 5.38. The molecule has 80 valence electrons. The summed E-state index contributed by atoms with van der Waals surface area (Å²) in [6.07, 6.45) is 1.99. The fraction of sp³-hybridized carbons (Fsp3) is 0.417. The zero-order chi connectivity index (χ0) is 10.7. The van der Waals surface area contributed by atoms with Gasteiger partial charge in [0, 0.05) is 18.7 Å². The smallest absolute Gasteiger partial charge is 0.119 e. The van der Waals surface area contributed by atoms with Gasteiger partial charge in [-0.1, -0.05) is 0 Å². The van der Waals surface area contributed by atoms with Crippen molar-refractivity contribution in [1.29, 1.82) is 5.41 Å². The molecule has 0 radical (unpaired) electrons. The van der Waals surface area contributed by atoms with Crippen molar-refractivity contribution in [3.8, 4) is 5.75 Å². The first-order chi connectivity index (χ1) is 7.31. The summed E-state index contributed by atoms with van der Waals surface area (Å²) in [4.78, 5) is 2.05. The van der Waals surface area contributed by atoms with Crippen LogP contribution < -0.4 is 9.64 Å². The quantitative estimate of drug-likeness (QED) is 0.821. The second-order valence-corrected chi connectivity index (χ2v) is 3.63. The molecular formula is C12H16N2O. The maximum absolute atomic E-state index is 7.77. The van der Waals surface area contributed by atoms with E-state index in [1.807, 2.05) is 31.2 Å². The van der Waals surface area contributed by atoms with Gasteiger partial charge in [-0.2, -0.15) is 0 Å². The van der Waals surface area contributed by atoms with Gasteiger partial charge in [-0.15, -0.1) is 0 Å². The van der Waals surface area contributed by atoms with Crippen LogP contribution in [0.5, 0.6) is 5.75 Å². The van der Waals surface area contributed by atoms with E-state index in [0.29, 0.717) is 6.61 Å². The van der Waals surface area contributed by atoms with Crippen LogP contribution in [-0.2, 0) is 0 Å². The Hall–Kier alpha value is -1.51. The number of benzene rings is 1. The lowest BCUT2D eigenvalue weighted by atomic mass is 10.3. The Kier molecular flexibility index (Phi) is 2.90. The summed E-state index contributed by atoms with van der Waals surface area (Å²) in [5.41, 5.74) is 1.10. The fourth-order valence-electron chi connectivity index (χ4n) is 1.85. The Balaban J connectivity index is 2.12. The normalized spacial score (nSPS) is 15.8. The highest BCUT2D eigenvalue weighted by Crippen LogP contribution is 2.23. The molecule has 1 N–H and O–H groups in total. The summed E-state index contributed by atoms with van der Waals surface area (Å²) in [5, 5.41) is 7.77. The van der Waals surface area contributed by atoms with Gasteiger partial charge < -0.3 is 9.64 Å². The summed E-state index contributed by atoms with van der Waals surface area (Å²) in [6.45, 7) is 3.63. The Labute approximate surface area is 90.2 Å². The molecule has 0 amide bonds. The minimum atomic E-state index is 0.693. The Bertz CT molecular complexity index is 345. The van der Waals surface area contributed by atoms with E-state index < -0.39 is 0 Å². The molecule has 0 aromatic heterocycles. The molecule has 1 aromatic rings. The number of hydrogen-bond acceptors (Lipinski definition) is 2. The van der Waals surface area contributed by atoms with Gasteiger partial charge in [0.2, 0.25) is 0 Å². The molecule has 0 bridgehead atoms. The van der Waals surface area contributed by atoms with Crippen molar-refractivity contribution in [3.63, 3.8) is 0 Å². The van der Waals surface area contributed by atoms with Crippen LogP contribution in [-0.4, -0.2) is 19.0 Å². The number of nitrogens with zero attached hydrogens (tertiary/aromatic N) is 1. The highest BCUT2D eigenvalue weighted by Gasteiger charge is 2.17. The average molecular weight is 204 g/mol. The van der Waals surface area contributed by atoms with Crippen LogP contribution >= 0.6 is 0 Å². The monoisotopic (exact) mass is 204 g/mol. The second-order valence-electron chi connectivity index (χ2n) is 3.63. The average Bonchev–Trinajstić information content (AvgIpc) is 2.66. The molecule has 3 heteroatoms. The third-order valence-corrected chi connectivity index (χ3v) is 2.58. The number of anilines is 1. The third-order valence-electron chi connectivity index (χ3n) is 2.58. The van der Waals surface area contributed by atoms with Crippen LogP contribution in [0.2, 0.25) is 0 Å². The van der Waals surface area contributed by atoms with E-state index >= 15 is 0 Å². The highest BCUT2D eigenvalue weighted by molar-refractivity contribution is 5.97. The minimum absolute atomic E-state index is 0.693. The molecule has 2 rings (SSSR count). The topological polar surface area (TPSA) is 36.3 Å². The van der Waals surface area contributed by atoms with Crippen LogP contribution in [0.1, 0.15) is 19.8 Å². The van der Waals surface area contributed by atoms with Gasteiger partial charge in [-0.05, 0) is 37.6 Å². The molecule has 0 saturated carbocycles. The first kappa shape index (κ1) is 10.0. The van der Waals surface area contributed by atoms with Crippen LogP contribution in [0.15, 0.2) is 24.3 Å². The van der Waals surface area contributed by atoms with E-state index in [2.05, 4.69) is 4.90 Å². The molecule has 1 fully saturated rings. The molecular weight excluding hydrogens is 188 g/mol. The van der Waals surface area contributed by atoms with Crippen molar-refractivity contribution in [3.05, 3.63) is 24.3 Å². The summed E-state index contributed by atoms with van der Waals surface area (Å²) in [6, 6.07) is 7.96. The maximum Gasteiger partial charge on any atom is 0.119 e. The summed E-state index contributed by atoms with van der Waals surface area (Å²) in [5.74, 6) is 1.62. The van der Waals surface area contributed by atoms with Crippen molar-refractivity contribution in [2.45, 2.75) is 19.8 Å². The van der Waals surface area contributed by atoms with Gasteiger partial charge in [0.15, 0.2) is 0 Å². The van der Waals surface area contributed by atoms with E-state index in [1.54, 1.807) is 0 Å². The van der Waals surface area contributed by atoms with Crippen LogP contribution in [0, 0.1) is 5.41 Å². The van der Waals surface area contributed by atoms with Crippen LogP contribution in [0.25, 0.3) is 0 Å². The van der Waals surface area contributed by atoms with Gasteiger partial charge >= 0.3 is 0 Å². The lowest BCUT2D eigenvalue weighted by Crippen LogP contribution is -2.22. The van der Waals surface area contributed by atoms with E-state index in [-0.39, 0.29) is 0 Å². The van der Waals surface area contributed by atoms with E-state index in [9.17, 15) is 0 Å². The van der Waals surface area contributed by atoms with Gasteiger partial charge in [0.25, 0.3) is 0 Å². The Morgan fingerprint density at radius 2 is 2.07 bits per heavy atom. The summed E-state index contributed by atoms with van der Waals surface area (Å²) >= 11 is 0. The van der Waals surface area contributed by atoms with Gasteiger partial charge in [-0.25, -0.2) is 0 Å². The standard InChI is InChI=1S/C12H16N2O/c1-2-15-11-7-5-10(6-8-11)14-9-3-4-12(14)13/h5-8,13H,2-4,9H2,1H3. The summed E-state index contributed by atoms with van der Waals surface area (Å²) in [7, 11) is 0. The largest absolute Gasteiger partial charge is 0.494 e. The van der Waals surface area contributed by atoms with E-state index in [1.165, 1.54) is 0 Å². The first-order valence-corrected chi connectivity index (χ1v) is 5.39. The molecule has 1 saturated heterocycles. The van der Waals surface area contributed by atoms with Crippen molar-refractivity contribution in [2.75, 3.05) is 18.1 Å². The van der Waals surface area contributed by atoms with Crippen molar-refractivity contribution in [1.82, 2.24) is 0 Å². The zero-order valence-electron chi connectivity index (χ0n) is 8.99. The molecule has 1 aliphatic rings. The number of ether oxygens (including phenoxy) is 1. The Morgan fingerprint density at radius 1 is 1.33 bits per heavy atom. The molecule has 1 aromatic carbocycles. The Morgan fingerprint density at radius 3 is 2.60 bits per heavy atom. The molecule has 1 aliphatic heterocycles. The predicted molar refractivity (Wildman–Crippen MR) is 61.9 cm³/mol. The number of hydrogen-bond donors (Lipinski definition) is 1. The fourth-order valence-corrected chi connectivity index (χ4v) is 1.85. The number of rotatable bonds is 3. The molecule has 0 atom stereocenters. The molecule has 0 unspecified atom stereocenters. The van der Waals surface area contributed by atoms with Gasteiger partial charge in [0.1, 0.15) is 11.6 Å². The molecule has 15 heavy (non-hydrogen) atoms. The van der Waals surface area contributed by atoms with Crippen molar-refractivity contribution < 1.29 is 4.74 Å². The van der Waals surface area contributed by atoms with Gasteiger partial charge in [0.05, 0.1) is 6.61 Å². The molecule has 3 nitrogen and oxygen atoms in total. The number of nitrogens with one attached hydrogen (secondary N) is 1. The first-order valence-electron chi connectivity index (χ1n) is 5.39. The molecule has 1 heterocycles. The molecule has 0 spiro atoms. The lowest BCUT2D eigenvalue weighted by molar-refractivity contribution is 0.340. The number of amidine groups is 1. The van der Waals surface area contributed by atoms with Crippen LogP contribution in [0.4, 0.5) is 5.69 Å². The minimum Gasteiger partial charge on any atom is -0.494 e. The predicted octanol–water partition coefficient (Wildman–Crippen LogP) is 2.66. The maximum atomic E-state index is 7.77. The van der Waals surface area contributed by atoms with E-state index in [0.717, 1.165) is 36.7 Å². The third kappa shape index (κ3) is 2.12. The zero-order valence-corrected chi connectivity index (χ0v) is 8.99. The molecule has 0 aliphatic carbocycles. The van der Waals surface area contributed by atoms with E-state index in [4.69, 9.17) is 10.1 Å². The van der Waals surface area contributed by atoms with Crippen molar-refractivity contribution >= 4 is 11.5 Å². The van der Waals surface area contributed by atoms with Crippen LogP contribution in [0.3, 0.4) is 0 Å². The highest BCUT2D eigenvalue weighted by atomic mass is 16.5. The second kappa shape index (κ2) is 4.34. The van der Waals surface area contributed by atoms with Crippen molar-refractivity contribution in [2.24, 2.45) is 0 Å². The van der Waals surface area contributed by atoms with Gasteiger partial charge in [-0.3, -0.25) is 5.41 Å². The SMILES string of the molecule is CCOc1ccc(N2CCCC2=N)cc1. The lowest BCUT2D eigenvalue weighted by Gasteiger charge is -2.17.